The Morgan fingerprint density at radius 3 is 2.93 bits per heavy atom. The topological polar surface area (TPSA) is 51.1 Å². The first-order valence-electron chi connectivity index (χ1n) is 5.16. The molecule has 4 nitrogen and oxygen atoms in total. The fourth-order valence-electron chi connectivity index (χ4n) is 2.06. The summed E-state index contributed by atoms with van der Waals surface area (Å²) in [6.07, 6.45) is 0.708. The largest absolute Gasteiger partial charge is 0.369 e. The van der Waals surface area contributed by atoms with Gasteiger partial charge < -0.3 is 5.32 Å². The van der Waals surface area contributed by atoms with E-state index in [0.29, 0.717) is 24.3 Å². The maximum absolute atomic E-state index is 11.7. The van der Waals surface area contributed by atoms with Crippen LogP contribution in [0.2, 0.25) is 0 Å². The van der Waals surface area contributed by atoms with Crippen molar-refractivity contribution < 1.29 is 4.79 Å². The number of carbonyl (C=O) groups is 1. The standard InChI is InChI=1S/C11H14N2O2/c1-3-8-6-9(15)13-5-4-12-11(13)10(8)7(2)14/h6,12H,3-5H2,1-2H3. The van der Waals surface area contributed by atoms with Crippen LogP contribution >= 0.6 is 0 Å². The van der Waals surface area contributed by atoms with Crippen molar-refractivity contribution in [2.24, 2.45) is 0 Å². The van der Waals surface area contributed by atoms with E-state index < -0.39 is 0 Å². The van der Waals surface area contributed by atoms with Crippen LogP contribution in [0.3, 0.4) is 0 Å². The van der Waals surface area contributed by atoms with Crippen molar-refractivity contribution in [3.63, 3.8) is 0 Å². The molecule has 1 aromatic rings. The van der Waals surface area contributed by atoms with Crippen LogP contribution in [0.4, 0.5) is 5.82 Å². The molecule has 0 spiro atoms. The lowest BCUT2D eigenvalue weighted by molar-refractivity contribution is 0.101. The zero-order chi connectivity index (χ0) is 11.0. The number of anilines is 1. The van der Waals surface area contributed by atoms with Gasteiger partial charge in [0.25, 0.3) is 5.56 Å². The molecular weight excluding hydrogens is 192 g/mol. The predicted octanol–water partition coefficient (Wildman–Crippen LogP) is 1.04. The van der Waals surface area contributed by atoms with Crippen LogP contribution in [-0.4, -0.2) is 16.9 Å². The molecule has 1 aliphatic rings. The molecule has 0 atom stereocenters. The molecule has 1 aromatic heterocycles. The maximum Gasteiger partial charge on any atom is 0.252 e. The lowest BCUT2D eigenvalue weighted by Gasteiger charge is -2.11. The Kier molecular flexibility index (Phi) is 2.34. The van der Waals surface area contributed by atoms with Crippen molar-refractivity contribution in [1.29, 1.82) is 0 Å². The van der Waals surface area contributed by atoms with Gasteiger partial charge in [0.1, 0.15) is 5.82 Å². The molecule has 0 saturated heterocycles. The Morgan fingerprint density at radius 1 is 1.60 bits per heavy atom. The Balaban J connectivity index is 2.76. The van der Waals surface area contributed by atoms with Crippen molar-refractivity contribution in [2.75, 3.05) is 11.9 Å². The first kappa shape index (κ1) is 9.96. The maximum atomic E-state index is 11.7. The molecule has 0 fully saturated rings. The number of aryl methyl sites for hydroxylation is 1. The minimum Gasteiger partial charge on any atom is -0.369 e. The van der Waals surface area contributed by atoms with Crippen molar-refractivity contribution in [2.45, 2.75) is 26.8 Å². The van der Waals surface area contributed by atoms with E-state index in [0.717, 1.165) is 12.1 Å². The van der Waals surface area contributed by atoms with E-state index in [1.165, 1.54) is 0 Å². The summed E-state index contributed by atoms with van der Waals surface area (Å²) >= 11 is 0. The summed E-state index contributed by atoms with van der Waals surface area (Å²) in [6.45, 7) is 4.87. The fourth-order valence-corrected chi connectivity index (χ4v) is 2.06. The highest BCUT2D eigenvalue weighted by atomic mass is 16.1. The molecule has 0 unspecified atom stereocenters. The first-order chi connectivity index (χ1) is 7.15. The summed E-state index contributed by atoms with van der Waals surface area (Å²) in [6, 6.07) is 1.58. The number of carbonyl (C=O) groups excluding carboxylic acids is 1. The second-order valence-electron chi connectivity index (χ2n) is 3.72. The van der Waals surface area contributed by atoms with Gasteiger partial charge in [0.05, 0.1) is 5.56 Å². The smallest absolute Gasteiger partial charge is 0.252 e. The first-order valence-corrected chi connectivity index (χ1v) is 5.16. The van der Waals surface area contributed by atoms with E-state index >= 15 is 0 Å². The zero-order valence-electron chi connectivity index (χ0n) is 8.96. The highest BCUT2D eigenvalue weighted by Gasteiger charge is 2.20. The molecule has 80 valence electrons. The second kappa shape index (κ2) is 3.53. The van der Waals surface area contributed by atoms with Gasteiger partial charge in [0.15, 0.2) is 5.78 Å². The fraction of sp³-hybridized carbons (Fsp3) is 0.455. The van der Waals surface area contributed by atoms with E-state index in [2.05, 4.69) is 5.32 Å². The summed E-state index contributed by atoms with van der Waals surface area (Å²) in [5.41, 5.74) is 1.50. The van der Waals surface area contributed by atoms with Crippen molar-refractivity contribution in [3.8, 4) is 0 Å². The number of nitrogens with zero attached hydrogens (tertiary/aromatic N) is 1. The monoisotopic (exact) mass is 206 g/mol. The number of fused-ring (bicyclic) bond motifs is 1. The third kappa shape index (κ3) is 1.46. The number of nitrogens with one attached hydrogen (secondary N) is 1. The Morgan fingerprint density at radius 2 is 2.33 bits per heavy atom. The molecule has 2 heterocycles. The molecule has 0 bridgehead atoms. The zero-order valence-corrected chi connectivity index (χ0v) is 8.96. The molecule has 0 aromatic carbocycles. The molecule has 0 radical (unpaired) electrons. The molecule has 0 saturated carbocycles. The lowest BCUT2D eigenvalue weighted by atomic mass is 10.0. The van der Waals surface area contributed by atoms with Crippen molar-refractivity contribution >= 4 is 11.6 Å². The van der Waals surface area contributed by atoms with Crippen molar-refractivity contribution in [1.82, 2.24) is 4.57 Å². The summed E-state index contributed by atoms with van der Waals surface area (Å²) in [5, 5.41) is 3.11. The molecule has 1 aliphatic heterocycles. The van der Waals surface area contributed by atoms with Gasteiger partial charge in [0, 0.05) is 19.2 Å². The summed E-state index contributed by atoms with van der Waals surface area (Å²) < 4.78 is 1.63. The van der Waals surface area contributed by atoms with E-state index in [9.17, 15) is 9.59 Å². The van der Waals surface area contributed by atoms with Crippen LogP contribution in [0.25, 0.3) is 0 Å². The predicted molar refractivity (Wildman–Crippen MR) is 58.6 cm³/mol. The number of hydrogen-bond donors (Lipinski definition) is 1. The third-order valence-corrected chi connectivity index (χ3v) is 2.75. The number of Topliss-reactive ketones (excluding diaryl/α,β-unsaturated/α-hetero) is 1. The van der Waals surface area contributed by atoms with E-state index in [-0.39, 0.29) is 11.3 Å². The van der Waals surface area contributed by atoms with Gasteiger partial charge in [-0.1, -0.05) is 6.92 Å². The normalized spacial score (nSPS) is 13.5. The minimum atomic E-state index is -0.0168. The quantitative estimate of drug-likeness (QED) is 0.735. The van der Waals surface area contributed by atoms with Gasteiger partial charge in [-0.05, 0) is 18.9 Å². The molecule has 0 aliphatic carbocycles. The van der Waals surface area contributed by atoms with Crippen LogP contribution in [0, 0.1) is 0 Å². The SMILES string of the molecule is CCc1cc(=O)n2c(c1C(C)=O)NCC2. The number of pyridine rings is 1. The highest BCUT2D eigenvalue weighted by Crippen LogP contribution is 2.22. The minimum absolute atomic E-state index is 0.0168. The van der Waals surface area contributed by atoms with Crippen LogP contribution in [-0.2, 0) is 13.0 Å². The van der Waals surface area contributed by atoms with Gasteiger partial charge in [-0.15, -0.1) is 0 Å². The van der Waals surface area contributed by atoms with Gasteiger partial charge in [-0.2, -0.15) is 0 Å². The van der Waals surface area contributed by atoms with Crippen molar-refractivity contribution in [3.05, 3.63) is 27.5 Å². The molecule has 0 amide bonds. The Labute approximate surface area is 87.9 Å². The molecular formula is C11H14N2O2. The number of rotatable bonds is 2. The Hall–Kier alpha value is -1.58. The summed E-state index contributed by atoms with van der Waals surface area (Å²) in [4.78, 5) is 23.2. The van der Waals surface area contributed by atoms with Crippen LogP contribution in [0.15, 0.2) is 10.9 Å². The molecule has 2 rings (SSSR count). The Bertz CT molecular complexity index is 474. The summed E-state index contributed by atoms with van der Waals surface area (Å²) in [7, 11) is 0. The molecule has 15 heavy (non-hydrogen) atoms. The highest BCUT2D eigenvalue weighted by molar-refractivity contribution is 6.00. The van der Waals surface area contributed by atoms with E-state index in [1.54, 1.807) is 17.6 Å². The van der Waals surface area contributed by atoms with E-state index in [1.807, 2.05) is 6.92 Å². The second-order valence-corrected chi connectivity index (χ2v) is 3.72. The van der Waals surface area contributed by atoms with Gasteiger partial charge >= 0.3 is 0 Å². The van der Waals surface area contributed by atoms with Crippen LogP contribution < -0.4 is 10.9 Å². The number of aromatic nitrogens is 1. The van der Waals surface area contributed by atoms with Gasteiger partial charge in [0.2, 0.25) is 0 Å². The van der Waals surface area contributed by atoms with Gasteiger partial charge in [-0.25, -0.2) is 0 Å². The lowest BCUT2D eigenvalue weighted by Crippen LogP contribution is -2.20. The van der Waals surface area contributed by atoms with Crippen LogP contribution in [0.5, 0.6) is 0 Å². The summed E-state index contributed by atoms with van der Waals surface area (Å²) in [5.74, 6) is 0.719. The molecule has 1 N–H and O–H groups in total. The average molecular weight is 206 g/mol. The number of hydrogen-bond acceptors (Lipinski definition) is 3. The van der Waals surface area contributed by atoms with E-state index in [4.69, 9.17) is 0 Å². The van der Waals surface area contributed by atoms with Crippen LogP contribution in [0.1, 0.15) is 29.8 Å². The molecule has 4 heteroatoms. The number of ketones is 1. The third-order valence-electron chi connectivity index (χ3n) is 2.75. The average Bonchev–Trinajstić information content (AvgIpc) is 2.65. The van der Waals surface area contributed by atoms with Gasteiger partial charge in [-0.3, -0.25) is 14.2 Å².